The highest BCUT2D eigenvalue weighted by molar-refractivity contribution is 5.75. The minimum Gasteiger partial charge on any atom is -0.481 e. The van der Waals surface area contributed by atoms with E-state index in [1.807, 2.05) is 0 Å². The number of nitrogens with zero attached hydrogens (tertiary/aromatic N) is 1. The average molecular weight is 294 g/mol. The normalized spacial score (nSPS) is 19.3. The van der Waals surface area contributed by atoms with E-state index in [2.05, 4.69) is 5.32 Å². The summed E-state index contributed by atoms with van der Waals surface area (Å²) in [5.41, 5.74) is 0.699. The van der Waals surface area contributed by atoms with Crippen molar-refractivity contribution < 1.29 is 19.1 Å². The molecule has 0 spiro atoms. The number of carbonyl (C=O) groups excluding carboxylic acids is 1. The molecule has 114 valence electrons. The minimum absolute atomic E-state index is 0.0118. The highest BCUT2D eigenvalue weighted by Gasteiger charge is 2.28. The fraction of sp³-hybridized carbons (Fsp3) is 0.467. The van der Waals surface area contributed by atoms with Crippen LogP contribution in [0.25, 0.3) is 0 Å². The van der Waals surface area contributed by atoms with Gasteiger partial charge in [-0.15, -0.1) is 0 Å². The SMILES string of the molecule is CC(NC(=O)N1CCC(CC(=O)O)C1)c1cccc(F)c1. The third-order valence-corrected chi connectivity index (χ3v) is 3.73. The predicted octanol–water partition coefficient (Wildman–Crippen LogP) is 2.39. The molecule has 1 saturated heterocycles. The number of hydrogen-bond acceptors (Lipinski definition) is 2. The summed E-state index contributed by atoms with van der Waals surface area (Å²) < 4.78 is 13.2. The van der Waals surface area contributed by atoms with Gasteiger partial charge in [-0.05, 0) is 37.0 Å². The molecule has 2 unspecified atom stereocenters. The van der Waals surface area contributed by atoms with Crippen LogP contribution < -0.4 is 5.32 Å². The van der Waals surface area contributed by atoms with Crippen molar-refractivity contribution in [2.45, 2.75) is 25.8 Å². The van der Waals surface area contributed by atoms with E-state index in [0.717, 1.165) is 0 Å². The number of rotatable bonds is 4. The van der Waals surface area contributed by atoms with Crippen LogP contribution in [0.5, 0.6) is 0 Å². The van der Waals surface area contributed by atoms with E-state index in [-0.39, 0.29) is 30.2 Å². The molecule has 1 aromatic rings. The second kappa shape index (κ2) is 6.56. The first kappa shape index (κ1) is 15.3. The van der Waals surface area contributed by atoms with Crippen molar-refractivity contribution in [3.63, 3.8) is 0 Å². The summed E-state index contributed by atoms with van der Waals surface area (Å²) in [5.74, 6) is -1.16. The van der Waals surface area contributed by atoms with Gasteiger partial charge in [0.1, 0.15) is 5.82 Å². The van der Waals surface area contributed by atoms with Crippen LogP contribution >= 0.6 is 0 Å². The zero-order chi connectivity index (χ0) is 15.4. The molecule has 0 saturated carbocycles. The highest BCUT2D eigenvalue weighted by atomic mass is 19.1. The van der Waals surface area contributed by atoms with E-state index in [1.165, 1.54) is 12.1 Å². The molecule has 1 fully saturated rings. The minimum atomic E-state index is -0.838. The lowest BCUT2D eigenvalue weighted by atomic mass is 10.1. The molecule has 2 amide bonds. The van der Waals surface area contributed by atoms with Crippen LogP contribution in [0.2, 0.25) is 0 Å². The highest BCUT2D eigenvalue weighted by Crippen LogP contribution is 2.20. The Kier molecular flexibility index (Phi) is 4.77. The number of carbonyl (C=O) groups is 2. The number of carboxylic acid groups (broad SMARTS) is 1. The second-order valence-corrected chi connectivity index (χ2v) is 5.42. The molecule has 2 rings (SSSR count). The number of likely N-dealkylation sites (tertiary alicyclic amines) is 1. The van der Waals surface area contributed by atoms with Gasteiger partial charge in [0.15, 0.2) is 0 Å². The van der Waals surface area contributed by atoms with Crippen LogP contribution in [-0.2, 0) is 4.79 Å². The van der Waals surface area contributed by atoms with Crippen molar-refractivity contribution in [2.24, 2.45) is 5.92 Å². The van der Waals surface area contributed by atoms with Crippen molar-refractivity contribution >= 4 is 12.0 Å². The molecular weight excluding hydrogens is 275 g/mol. The quantitative estimate of drug-likeness (QED) is 0.896. The fourth-order valence-electron chi connectivity index (χ4n) is 2.57. The molecule has 5 nitrogen and oxygen atoms in total. The summed E-state index contributed by atoms with van der Waals surface area (Å²) >= 11 is 0. The second-order valence-electron chi connectivity index (χ2n) is 5.42. The maximum atomic E-state index is 13.2. The predicted molar refractivity (Wildman–Crippen MR) is 75.3 cm³/mol. The molecule has 2 N–H and O–H groups in total. The van der Waals surface area contributed by atoms with E-state index >= 15 is 0 Å². The first-order valence-corrected chi connectivity index (χ1v) is 6.98. The number of halogens is 1. The summed E-state index contributed by atoms with van der Waals surface area (Å²) in [7, 11) is 0. The van der Waals surface area contributed by atoms with Gasteiger partial charge in [-0.25, -0.2) is 9.18 Å². The van der Waals surface area contributed by atoms with E-state index in [1.54, 1.807) is 24.0 Å². The Balaban J connectivity index is 1.88. The molecule has 21 heavy (non-hydrogen) atoms. The van der Waals surface area contributed by atoms with Gasteiger partial charge in [0, 0.05) is 19.5 Å². The molecule has 1 aliphatic rings. The van der Waals surface area contributed by atoms with Gasteiger partial charge in [-0.3, -0.25) is 4.79 Å². The molecular formula is C15H19FN2O3. The van der Waals surface area contributed by atoms with Crippen molar-refractivity contribution in [3.05, 3.63) is 35.6 Å². The number of nitrogens with one attached hydrogen (secondary N) is 1. The van der Waals surface area contributed by atoms with Crippen LogP contribution in [0, 0.1) is 11.7 Å². The molecule has 1 heterocycles. The maximum Gasteiger partial charge on any atom is 0.317 e. The summed E-state index contributed by atoms with van der Waals surface area (Å²) in [4.78, 5) is 24.4. The Morgan fingerprint density at radius 2 is 2.29 bits per heavy atom. The first-order valence-electron chi connectivity index (χ1n) is 6.98. The standard InChI is InChI=1S/C15H19FN2O3/c1-10(12-3-2-4-13(16)8-12)17-15(21)18-6-5-11(9-18)7-14(19)20/h2-4,8,10-11H,5-7,9H2,1H3,(H,17,21)(H,19,20). The van der Waals surface area contributed by atoms with E-state index < -0.39 is 5.97 Å². The Morgan fingerprint density at radius 1 is 1.52 bits per heavy atom. The van der Waals surface area contributed by atoms with Crippen LogP contribution in [0.3, 0.4) is 0 Å². The van der Waals surface area contributed by atoms with Gasteiger partial charge >= 0.3 is 12.0 Å². The zero-order valence-corrected chi connectivity index (χ0v) is 11.9. The van der Waals surface area contributed by atoms with Crippen molar-refractivity contribution in [3.8, 4) is 0 Å². The van der Waals surface area contributed by atoms with Crippen LogP contribution in [-0.4, -0.2) is 35.1 Å². The Hall–Kier alpha value is -2.11. The number of aliphatic carboxylic acids is 1. The summed E-state index contributed by atoms with van der Waals surface area (Å²) in [6, 6.07) is 5.57. The van der Waals surface area contributed by atoms with Gasteiger partial charge in [0.25, 0.3) is 0 Å². The van der Waals surface area contributed by atoms with Crippen LogP contribution in [0.15, 0.2) is 24.3 Å². The molecule has 0 radical (unpaired) electrons. The summed E-state index contributed by atoms with van der Waals surface area (Å²) in [5, 5.41) is 11.6. The number of benzene rings is 1. The summed E-state index contributed by atoms with van der Waals surface area (Å²) in [6.07, 6.45) is 0.789. The average Bonchev–Trinajstić information content (AvgIpc) is 2.86. The molecule has 0 aromatic heterocycles. The largest absolute Gasteiger partial charge is 0.481 e. The van der Waals surface area contributed by atoms with Gasteiger partial charge in [-0.2, -0.15) is 0 Å². The molecule has 1 aliphatic heterocycles. The topological polar surface area (TPSA) is 69.6 Å². The zero-order valence-electron chi connectivity index (χ0n) is 11.9. The van der Waals surface area contributed by atoms with Gasteiger partial charge < -0.3 is 15.3 Å². The molecule has 6 heteroatoms. The van der Waals surface area contributed by atoms with Crippen molar-refractivity contribution in [1.82, 2.24) is 10.2 Å². The van der Waals surface area contributed by atoms with Gasteiger partial charge in [0.2, 0.25) is 0 Å². The van der Waals surface area contributed by atoms with Crippen LogP contribution in [0.4, 0.5) is 9.18 Å². The Morgan fingerprint density at radius 3 is 2.95 bits per heavy atom. The number of hydrogen-bond donors (Lipinski definition) is 2. The summed E-state index contributed by atoms with van der Waals surface area (Å²) in [6.45, 7) is 2.80. The van der Waals surface area contributed by atoms with E-state index in [4.69, 9.17) is 5.11 Å². The molecule has 1 aromatic carbocycles. The van der Waals surface area contributed by atoms with E-state index in [0.29, 0.717) is 25.1 Å². The molecule has 2 atom stereocenters. The Bertz CT molecular complexity index is 535. The number of urea groups is 1. The number of amides is 2. The lowest BCUT2D eigenvalue weighted by molar-refractivity contribution is -0.138. The van der Waals surface area contributed by atoms with Crippen molar-refractivity contribution in [2.75, 3.05) is 13.1 Å². The third kappa shape index (κ3) is 4.18. The van der Waals surface area contributed by atoms with Gasteiger partial charge in [-0.1, -0.05) is 12.1 Å². The van der Waals surface area contributed by atoms with Crippen LogP contribution in [0.1, 0.15) is 31.4 Å². The smallest absolute Gasteiger partial charge is 0.317 e. The van der Waals surface area contributed by atoms with E-state index in [9.17, 15) is 14.0 Å². The Labute approximate surface area is 122 Å². The number of carboxylic acids is 1. The van der Waals surface area contributed by atoms with Crippen molar-refractivity contribution in [1.29, 1.82) is 0 Å². The maximum absolute atomic E-state index is 13.2. The molecule has 0 aliphatic carbocycles. The first-order chi connectivity index (χ1) is 9.95. The molecule has 0 bridgehead atoms. The monoisotopic (exact) mass is 294 g/mol. The lowest BCUT2D eigenvalue weighted by Gasteiger charge is -2.21. The third-order valence-electron chi connectivity index (χ3n) is 3.73. The fourth-order valence-corrected chi connectivity index (χ4v) is 2.57. The lowest BCUT2D eigenvalue weighted by Crippen LogP contribution is -2.39. The van der Waals surface area contributed by atoms with Gasteiger partial charge in [0.05, 0.1) is 6.04 Å².